The van der Waals surface area contributed by atoms with Crippen molar-refractivity contribution < 1.29 is 9.47 Å². The topological polar surface area (TPSA) is 30.5 Å². The molecule has 1 aliphatic carbocycles. The maximum absolute atomic E-state index is 5.42. The summed E-state index contributed by atoms with van der Waals surface area (Å²) in [5.41, 5.74) is 1.36. The molecule has 0 radical (unpaired) electrons. The van der Waals surface area contributed by atoms with Crippen LogP contribution < -0.4 is 14.8 Å². The molecule has 0 heterocycles. The fourth-order valence-electron chi connectivity index (χ4n) is 3.22. The maximum Gasteiger partial charge on any atom is 0.160 e. The average Bonchev–Trinajstić information content (AvgIpc) is 2.98. The summed E-state index contributed by atoms with van der Waals surface area (Å²) in [7, 11) is 5.41. The van der Waals surface area contributed by atoms with Gasteiger partial charge in [-0.1, -0.05) is 18.9 Å². The Morgan fingerprint density at radius 1 is 1.16 bits per heavy atom. The van der Waals surface area contributed by atoms with Crippen LogP contribution in [0, 0.1) is 5.92 Å². The number of rotatable bonds is 6. The summed E-state index contributed by atoms with van der Waals surface area (Å²) in [6.07, 6.45) is 5.44. The molecule has 1 atom stereocenters. The summed E-state index contributed by atoms with van der Waals surface area (Å²) in [4.78, 5) is 0. The van der Waals surface area contributed by atoms with Crippen molar-refractivity contribution in [1.82, 2.24) is 5.32 Å². The number of likely N-dealkylation sites (N-methyl/N-ethyl adjacent to an activating group) is 1. The minimum Gasteiger partial charge on any atom is -0.493 e. The lowest BCUT2D eigenvalue weighted by Crippen LogP contribution is -2.23. The zero-order valence-corrected chi connectivity index (χ0v) is 12.2. The zero-order valence-electron chi connectivity index (χ0n) is 12.2. The SMILES string of the molecule is CNCC(c1ccc(OC)c(OC)c1)C1CCCC1. The van der Waals surface area contributed by atoms with Crippen LogP contribution in [0.25, 0.3) is 0 Å². The molecule has 1 unspecified atom stereocenters. The normalized spacial score (nSPS) is 17.4. The highest BCUT2D eigenvalue weighted by molar-refractivity contribution is 5.44. The van der Waals surface area contributed by atoms with E-state index >= 15 is 0 Å². The fourth-order valence-corrected chi connectivity index (χ4v) is 3.22. The van der Waals surface area contributed by atoms with E-state index in [4.69, 9.17) is 9.47 Å². The van der Waals surface area contributed by atoms with Gasteiger partial charge in [-0.15, -0.1) is 0 Å². The lowest BCUT2D eigenvalue weighted by molar-refractivity contribution is 0.352. The molecule has 19 heavy (non-hydrogen) atoms. The van der Waals surface area contributed by atoms with Crippen LogP contribution in [0.2, 0.25) is 0 Å². The molecule has 1 fully saturated rings. The molecular formula is C16H25NO2. The van der Waals surface area contributed by atoms with Crippen LogP contribution in [0.4, 0.5) is 0 Å². The second-order valence-corrected chi connectivity index (χ2v) is 5.32. The van der Waals surface area contributed by atoms with Crippen LogP contribution in [-0.4, -0.2) is 27.8 Å². The Hall–Kier alpha value is -1.22. The van der Waals surface area contributed by atoms with E-state index in [1.807, 2.05) is 13.1 Å². The molecule has 0 bridgehead atoms. The third kappa shape index (κ3) is 3.21. The smallest absolute Gasteiger partial charge is 0.160 e. The number of methoxy groups -OCH3 is 2. The van der Waals surface area contributed by atoms with E-state index in [2.05, 4.69) is 17.4 Å². The molecule has 0 amide bonds. The second kappa shape index (κ2) is 6.80. The van der Waals surface area contributed by atoms with Gasteiger partial charge in [0.15, 0.2) is 11.5 Å². The van der Waals surface area contributed by atoms with Crippen molar-refractivity contribution in [3.8, 4) is 11.5 Å². The molecule has 0 aromatic heterocycles. The van der Waals surface area contributed by atoms with Gasteiger partial charge in [0, 0.05) is 6.54 Å². The van der Waals surface area contributed by atoms with Crippen molar-refractivity contribution in [1.29, 1.82) is 0 Å². The first kappa shape index (κ1) is 14.2. The molecule has 1 aromatic rings. The maximum atomic E-state index is 5.42. The highest BCUT2D eigenvalue weighted by Gasteiger charge is 2.26. The highest BCUT2D eigenvalue weighted by atomic mass is 16.5. The third-order valence-corrected chi connectivity index (χ3v) is 4.23. The minimum atomic E-state index is 0.576. The number of hydrogen-bond acceptors (Lipinski definition) is 3. The Kier molecular flexibility index (Phi) is 5.08. The standard InChI is InChI=1S/C16H25NO2/c1-17-11-14(12-6-4-5-7-12)13-8-9-15(18-2)16(10-13)19-3/h8-10,12,14,17H,4-7,11H2,1-3H3. The predicted molar refractivity (Wildman–Crippen MR) is 78.2 cm³/mol. The molecular weight excluding hydrogens is 238 g/mol. The molecule has 106 valence electrons. The van der Waals surface area contributed by atoms with Crippen molar-refractivity contribution in [2.45, 2.75) is 31.6 Å². The number of benzene rings is 1. The van der Waals surface area contributed by atoms with E-state index in [0.717, 1.165) is 24.0 Å². The fraction of sp³-hybridized carbons (Fsp3) is 0.625. The van der Waals surface area contributed by atoms with E-state index in [9.17, 15) is 0 Å². The summed E-state index contributed by atoms with van der Waals surface area (Å²) in [6, 6.07) is 6.34. The van der Waals surface area contributed by atoms with Gasteiger partial charge in [-0.3, -0.25) is 0 Å². The minimum absolute atomic E-state index is 0.576. The van der Waals surface area contributed by atoms with Gasteiger partial charge in [0.25, 0.3) is 0 Å². The van der Waals surface area contributed by atoms with Gasteiger partial charge >= 0.3 is 0 Å². The lowest BCUT2D eigenvalue weighted by atomic mass is 9.84. The summed E-state index contributed by atoms with van der Waals surface area (Å²) in [5, 5.41) is 3.34. The number of ether oxygens (including phenoxy) is 2. The summed E-state index contributed by atoms with van der Waals surface area (Å²) in [5.74, 6) is 3.01. The van der Waals surface area contributed by atoms with Crippen LogP contribution in [0.1, 0.15) is 37.2 Å². The summed E-state index contributed by atoms with van der Waals surface area (Å²) < 4.78 is 10.7. The number of hydrogen-bond donors (Lipinski definition) is 1. The lowest BCUT2D eigenvalue weighted by Gasteiger charge is -2.24. The Morgan fingerprint density at radius 3 is 2.42 bits per heavy atom. The van der Waals surface area contributed by atoms with Crippen molar-refractivity contribution in [3.05, 3.63) is 23.8 Å². The van der Waals surface area contributed by atoms with E-state index in [1.165, 1.54) is 31.2 Å². The van der Waals surface area contributed by atoms with E-state index in [1.54, 1.807) is 14.2 Å². The van der Waals surface area contributed by atoms with Crippen LogP contribution in [0.5, 0.6) is 11.5 Å². The molecule has 0 aliphatic heterocycles. The monoisotopic (exact) mass is 263 g/mol. The molecule has 1 saturated carbocycles. The van der Waals surface area contributed by atoms with Crippen molar-refractivity contribution in [2.75, 3.05) is 27.8 Å². The van der Waals surface area contributed by atoms with Gasteiger partial charge in [0.2, 0.25) is 0 Å². The molecule has 0 saturated heterocycles. The Bertz CT molecular complexity index is 400. The summed E-state index contributed by atoms with van der Waals surface area (Å²) in [6.45, 7) is 1.03. The van der Waals surface area contributed by atoms with Gasteiger partial charge < -0.3 is 14.8 Å². The zero-order chi connectivity index (χ0) is 13.7. The Labute approximate surface area is 116 Å². The van der Waals surface area contributed by atoms with Crippen LogP contribution in [0.3, 0.4) is 0 Å². The molecule has 3 heteroatoms. The van der Waals surface area contributed by atoms with Crippen molar-refractivity contribution in [3.63, 3.8) is 0 Å². The first-order valence-corrected chi connectivity index (χ1v) is 7.16. The van der Waals surface area contributed by atoms with E-state index < -0.39 is 0 Å². The number of nitrogens with one attached hydrogen (secondary N) is 1. The third-order valence-electron chi connectivity index (χ3n) is 4.23. The van der Waals surface area contributed by atoms with Gasteiger partial charge in [-0.2, -0.15) is 0 Å². The Morgan fingerprint density at radius 2 is 1.84 bits per heavy atom. The van der Waals surface area contributed by atoms with E-state index in [-0.39, 0.29) is 0 Å². The molecule has 1 aromatic carbocycles. The van der Waals surface area contributed by atoms with Crippen LogP contribution >= 0.6 is 0 Å². The van der Waals surface area contributed by atoms with Gasteiger partial charge in [0.05, 0.1) is 14.2 Å². The molecule has 0 spiro atoms. The largest absolute Gasteiger partial charge is 0.493 e. The first-order valence-electron chi connectivity index (χ1n) is 7.16. The molecule has 1 N–H and O–H groups in total. The van der Waals surface area contributed by atoms with Gasteiger partial charge in [0.1, 0.15) is 0 Å². The predicted octanol–water partition coefficient (Wildman–Crippen LogP) is 3.20. The van der Waals surface area contributed by atoms with Crippen molar-refractivity contribution >= 4 is 0 Å². The van der Waals surface area contributed by atoms with Crippen LogP contribution in [0.15, 0.2) is 18.2 Å². The first-order chi connectivity index (χ1) is 9.30. The molecule has 1 aliphatic rings. The Balaban J connectivity index is 2.25. The van der Waals surface area contributed by atoms with Gasteiger partial charge in [-0.05, 0) is 49.4 Å². The quantitative estimate of drug-likeness (QED) is 0.855. The summed E-state index contributed by atoms with van der Waals surface area (Å²) >= 11 is 0. The van der Waals surface area contributed by atoms with Crippen LogP contribution in [-0.2, 0) is 0 Å². The second-order valence-electron chi connectivity index (χ2n) is 5.32. The van der Waals surface area contributed by atoms with Gasteiger partial charge in [-0.25, -0.2) is 0 Å². The highest BCUT2D eigenvalue weighted by Crippen LogP contribution is 2.39. The molecule has 3 nitrogen and oxygen atoms in total. The molecule has 2 rings (SSSR count). The average molecular weight is 263 g/mol. The van der Waals surface area contributed by atoms with Crippen molar-refractivity contribution in [2.24, 2.45) is 5.92 Å². The van der Waals surface area contributed by atoms with E-state index in [0.29, 0.717) is 5.92 Å².